The number of carboxylic acid groups (broad SMARTS) is 1. The van der Waals surface area contributed by atoms with Crippen LogP contribution < -0.4 is 10.1 Å². The van der Waals surface area contributed by atoms with E-state index in [1.807, 2.05) is 4.90 Å². The highest BCUT2D eigenvalue weighted by Crippen LogP contribution is 2.28. The first-order valence-corrected chi connectivity index (χ1v) is 7.43. The standard InChI is InChI=1S/C16H22N2O4/c1-11(16(20)21)18(13-6-7-13)9-8-15(19)17-12-4-3-5-14(10-12)22-2/h3-5,10-11,13H,6-9H2,1-2H3,(H,17,19)(H,20,21). The van der Waals surface area contributed by atoms with Crippen LogP contribution in [-0.4, -0.2) is 47.6 Å². The van der Waals surface area contributed by atoms with Crippen molar-refractivity contribution in [3.63, 3.8) is 0 Å². The lowest BCUT2D eigenvalue weighted by molar-refractivity contribution is -0.143. The zero-order valence-corrected chi connectivity index (χ0v) is 12.9. The highest BCUT2D eigenvalue weighted by atomic mass is 16.5. The number of ether oxygens (including phenoxy) is 1. The third-order valence-electron chi connectivity index (χ3n) is 3.82. The van der Waals surface area contributed by atoms with E-state index in [0.717, 1.165) is 12.8 Å². The summed E-state index contributed by atoms with van der Waals surface area (Å²) in [5, 5.41) is 11.9. The average Bonchev–Trinajstić information content (AvgIpc) is 3.32. The van der Waals surface area contributed by atoms with E-state index in [1.54, 1.807) is 38.3 Å². The molecule has 0 aliphatic heterocycles. The van der Waals surface area contributed by atoms with Gasteiger partial charge >= 0.3 is 5.97 Å². The van der Waals surface area contributed by atoms with Crippen LogP contribution in [0.15, 0.2) is 24.3 Å². The highest BCUT2D eigenvalue weighted by Gasteiger charge is 2.34. The lowest BCUT2D eigenvalue weighted by atomic mass is 10.2. The summed E-state index contributed by atoms with van der Waals surface area (Å²) < 4.78 is 5.11. The summed E-state index contributed by atoms with van der Waals surface area (Å²) in [6.45, 7) is 2.12. The molecule has 2 N–H and O–H groups in total. The summed E-state index contributed by atoms with van der Waals surface area (Å²) in [5.41, 5.74) is 0.675. The smallest absolute Gasteiger partial charge is 0.320 e. The SMILES string of the molecule is COc1cccc(NC(=O)CCN(C2CC2)C(C)C(=O)O)c1. The van der Waals surface area contributed by atoms with E-state index in [9.17, 15) is 9.59 Å². The molecule has 1 atom stereocenters. The summed E-state index contributed by atoms with van der Waals surface area (Å²) in [6, 6.07) is 6.89. The molecule has 1 aromatic carbocycles. The van der Waals surface area contributed by atoms with Gasteiger partial charge in [0, 0.05) is 30.8 Å². The Morgan fingerprint density at radius 3 is 2.77 bits per heavy atom. The number of carbonyl (C=O) groups excluding carboxylic acids is 1. The maximum atomic E-state index is 12.0. The molecule has 0 radical (unpaired) electrons. The molecule has 0 aromatic heterocycles. The predicted molar refractivity (Wildman–Crippen MR) is 83.1 cm³/mol. The van der Waals surface area contributed by atoms with Crippen LogP contribution in [0.5, 0.6) is 5.75 Å². The first-order valence-electron chi connectivity index (χ1n) is 7.43. The number of aliphatic carboxylic acids is 1. The van der Waals surface area contributed by atoms with Crippen LogP contribution in [0.2, 0.25) is 0 Å². The number of amides is 1. The minimum Gasteiger partial charge on any atom is -0.497 e. The second kappa shape index (κ2) is 7.26. The van der Waals surface area contributed by atoms with Crippen LogP contribution >= 0.6 is 0 Å². The van der Waals surface area contributed by atoms with Crippen molar-refractivity contribution in [3.05, 3.63) is 24.3 Å². The minimum atomic E-state index is -0.847. The van der Waals surface area contributed by atoms with Gasteiger partial charge in [-0.25, -0.2) is 0 Å². The first kappa shape index (κ1) is 16.3. The Labute approximate surface area is 130 Å². The maximum Gasteiger partial charge on any atom is 0.320 e. The van der Waals surface area contributed by atoms with Crippen molar-refractivity contribution < 1.29 is 19.4 Å². The van der Waals surface area contributed by atoms with Gasteiger partial charge in [-0.1, -0.05) is 6.07 Å². The average molecular weight is 306 g/mol. The molecule has 2 rings (SSSR count). The third-order valence-corrected chi connectivity index (χ3v) is 3.82. The number of rotatable bonds is 8. The van der Waals surface area contributed by atoms with Crippen molar-refractivity contribution in [1.29, 1.82) is 0 Å². The van der Waals surface area contributed by atoms with Crippen LogP contribution in [0.4, 0.5) is 5.69 Å². The Hall–Kier alpha value is -2.08. The molecule has 1 amide bonds. The van der Waals surface area contributed by atoms with Gasteiger partial charge < -0.3 is 15.2 Å². The van der Waals surface area contributed by atoms with Crippen LogP contribution in [-0.2, 0) is 9.59 Å². The molecule has 0 heterocycles. The second-order valence-electron chi connectivity index (χ2n) is 5.51. The van der Waals surface area contributed by atoms with Crippen LogP contribution in [0, 0.1) is 0 Å². The van der Waals surface area contributed by atoms with Crippen LogP contribution in [0.3, 0.4) is 0 Å². The number of carboxylic acids is 1. The molecule has 22 heavy (non-hydrogen) atoms. The molecule has 1 unspecified atom stereocenters. The Morgan fingerprint density at radius 2 is 2.18 bits per heavy atom. The first-order chi connectivity index (χ1) is 10.5. The molecule has 0 bridgehead atoms. The summed E-state index contributed by atoms with van der Waals surface area (Å²) in [5.74, 6) is -0.298. The minimum absolute atomic E-state index is 0.128. The number of methoxy groups -OCH3 is 1. The number of anilines is 1. The summed E-state index contributed by atoms with van der Waals surface area (Å²) in [7, 11) is 1.57. The predicted octanol–water partition coefficient (Wildman–Crippen LogP) is 1.96. The van der Waals surface area contributed by atoms with E-state index in [0.29, 0.717) is 24.0 Å². The van der Waals surface area contributed by atoms with Crippen molar-refractivity contribution in [2.75, 3.05) is 19.0 Å². The molecule has 0 spiro atoms. The van der Waals surface area contributed by atoms with Gasteiger partial charge in [0.05, 0.1) is 7.11 Å². The largest absolute Gasteiger partial charge is 0.497 e. The number of benzene rings is 1. The number of hydrogen-bond donors (Lipinski definition) is 2. The number of hydrogen-bond acceptors (Lipinski definition) is 4. The molecule has 120 valence electrons. The zero-order chi connectivity index (χ0) is 16.1. The van der Waals surface area contributed by atoms with Gasteiger partial charge in [0.25, 0.3) is 0 Å². The monoisotopic (exact) mass is 306 g/mol. The van der Waals surface area contributed by atoms with Gasteiger partial charge in [0.1, 0.15) is 11.8 Å². The van der Waals surface area contributed by atoms with Gasteiger partial charge in [0.2, 0.25) is 5.91 Å². The molecular formula is C16H22N2O4. The number of carbonyl (C=O) groups is 2. The molecule has 1 saturated carbocycles. The van der Waals surface area contributed by atoms with E-state index < -0.39 is 12.0 Å². The Morgan fingerprint density at radius 1 is 1.45 bits per heavy atom. The van der Waals surface area contributed by atoms with Gasteiger partial charge in [-0.15, -0.1) is 0 Å². The third kappa shape index (κ3) is 4.46. The second-order valence-corrected chi connectivity index (χ2v) is 5.51. The van der Waals surface area contributed by atoms with Crippen molar-refractivity contribution in [2.45, 2.75) is 38.3 Å². The number of nitrogens with one attached hydrogen (secondary N) is 1. The molecule has 6 nitrogen and oxygen atoms in total. The molecule has 1 aliphatic rings. The topological polar surface area (TPSA) is 78.9 Å². The highest BCUT2D eigenvalue weighted by molar-refractivity contribution is 5.91. The molecule has 6 heteroatoms. The van der Waals surface area contributed by atoms with Crippen LogP contribution in [0.25, 0.3) is 0 Å². The Bertz CT molecular complexity index is 543. The molecule has 1 aliphatic carbocycles. The molecule has 1 fully saturated rings. The fraction of sp³-hybridized carbons (Fsp3) is 0.500. The molecule has 1 aromatic rings. The fourth-order valence-corrected chi connectivity index (χ4v) is 2.40. The molecule has 0 saturated heterocycles. The van der Waals surface area contributed by atoms with E-state index in [4.69, 9.17) is 9.84 Å². The van der Waals surface area contributed by atoms with Gasteiger partial charge in [-0.2, -0.15) is 0 Å². The quantitative estimate of drug-likeness (QED) is 0.767. The maximum absolute atomic E-state index is 12.0. The lowest BCUT2D eigenvalue weighted by Gasteiger charge is -2.25. The van der Waals surface area contributed by atoms with E-state index in [2.05, 4.69) is 5.32 Å². The van der Waals surface area contributed by atoms with Gasteiger partial charge in [-0.05, 0) is 31.9 Å². The van der Waals surface area contributed by atoms with Gasteiger partial charge in [0.15, 0.2) is 0 Å². The normalized spacial score (nSPS) is 15.4. The van der Waals surface area contributed by atoms with E-state index >= 15 is 0 Å². The molecular weight excluding hydrogens is 284 g/mol. The fourth-order valence-electron chi connectivity index (χ4n) is 2.40. The summed E-state index contributed by atoms with van der Waals surface area (Å²) >= 11 is 0. The Kier molecular flexibility index (Phi) is 5.38. The van der Waals surface area contributed by atoms with Crippen molar-refractivity contribution >= 4 is 17.6 Å². The van der Waals surface area contributed by atoms with Crippen LogP contribution in [0.1, 0.15) is 26.2 Å². The van der Waals surface area contributed by atoms with E-state index in [-0.39, 0.29) is 12.3 Å². The van der Waals surface area contributed by atoms with Crippen molar-refractivity contribution in [2.24, 2.45) is 0 Å². The van der Waals surface area contributed by atoms with E-state index in [1.165, 1.54) is 0 Å². The lowest BCUT2D eigenvalue weighted by Crippen LogP contribution is -2.42. The summed E-state index contributed by atoms with van der Waals surface area (Å²) in [6.07, 6.45) is 2.29. The Balaban J connectivity index is 1.86. The van der Waals surface area contributed by atoms with Crippen molar-refractivity contribution in [3.8, 4) is 5.75 Å². The van der Waals surface area contributed by atoms with Gasteiger partial charge in [-0.3, -0.25) is 14.5 Å². The zero-order valence-electron chi connectivity index (χ0n) is 12.9. The number of nitrogens with zero attached hydrogens (tertiary/aromatic N) is 1. The van der Waals surface area contributed by atoms with Crippen molar-refractivity contribution in [1.82, 2.24) is 4.90 Å². The summed E-state index contributed by atoms with van der Waals surface area (Å²) in [4.78, 5) is 25.0.